The standard InChI is InChI=1S/C17H26N4O/c1-11(2)15-9-13(16(22)7-6-8-18-5)14-10-19-21(12(3)4)17(14)20-15/h9-12,18H,6-8H2,1-5H3. The second-order valence-electron chi connectivity index (χ2n) is 6.30. The number of nitrogens with zero attached hydrogens (tertiary/aromatic N) is 3. The minimum absolute atomic E-state index is 0.174. The van der Waals surface area contributed by atoms with Crippen molar-refractivity contribution < 1.29 is 4.79 Å². The van der Waals surface area contributed by atoms with Crippen molar-refractivity contribution in [2.24, 2.45) is 0 Å². The number of pyridine rings is 1. The van der Waals surface area contributed by atoms with E-state index in [1.807, 2.05) is 17.8 Å². The third-order valence-corrected chi connectivity index (χ3v) is 3.80. The van der Waals surface area contributed by atoms with Gasteiger partial charge in [-0.2, -0.15) is 5.10 Å². The highest BCUT2D eigenvalue weighted by Crippen LogP contribution is 2.25. The average molecular weight is 302 g/mol. The first-order valence-electron chi connectivity index (χ1n) is 8.01. The fourth-order valence-corrected chi connectivity index (χ4v) is 2.50. The molecule has 5 heteroatoms. The molecule has 0 aliphatic rings. The van der Waals surface area contributed by atoms with E-state index in [9.17, 15) is 4.79 Å². The van der Waals surface area contributed by atoms with Gasteiger partial charge in [-0.3, -0.25) is 4.79 Å². The lowest BCUT2D eigenvalue weighted by Gasteiger charge is -2.11. The van der Waals surface area contributed by atoms with Crippen molar-refractivity contribution in [3.63, 3.8) is 0 Å². The van der Waals surface area contributed by atoms with Gasteiger partial charge in [0.2, 0.25) is 0 Å². The minimum Gasteiger partial charge on any atom is -0.320 e. The van der Waals surface area contributed by atoms with Crippen molar-refractivity contribution in [1.29, 1.82) is 0 Å². The highest BCUT2D eigenvalue weighted by Gasteiger charge is 2.18. The SMILES string of the molecule is CNCCCC(=O)c1cc(C(C)C)nc2c1cnn2C(C)C. The van der Waals surface area contributed by atoms with Gasteiger partial charge in [0.1, 0.15) is 0 Å². The van der Waals surface area contributed by atoms with Crippen LogP contribution in [0, 0.1) is 0 Å². The molecule has 0 aliphatic heterocycles. The summed E-state index contributed by atoms with van der Waals surface area (Å²) >= 11 is 0. The maximum Gasteiger partial charge on any atom is 0.163 e. The molecule has 0 aliphatic carbocycles. The smallest absolute Gasteiger partial charge is 0.163 e. The molecule has 0 atom stereocenters. The van der Waals surface area contributed by atoms with Crippen LogP contribution in [-0.2, 0) is 0 Å². The summed E-state index contributed by atoms with van der Waals surface area (Å²) in [5.74, 6) is 0.455. The van der Waals surface area contributed by atoms with Crippen LogP contribution in [0.1, 0.15) is 68.5 Å². The largest absolute Gasteiger partial charge is 0.320 e. The van der Waals surface area contributed by atoms with E-state index in [4.69, 9.17) is 4.98 Å². The summed E-state index contributed by atoms with van der Waals surface area (Å²) in [6, 6.07) is 2.17. The third kappa shape index (κ3) is 3.35. The second kappa shape index (κ2) is 7.01. The fraction of sp³-hybridized carbons (Fsp3) is 0.588. The zero-order chi connectivity index (χ0) is 16.3. The van der Waals surface area contributed by atoms with E-state index in [2.05, 4.69) is 38.1 Å². The molecule has 0 amide bonds. The maximum atomic E-state index is 12.6. The van der Waals surface area contributed by atoms with Crippen LogP contribution in [0.15, 0.2) is 12.3 Å². The van der Waals surface area contributed by atoms with E-state index in [0.717, 1.165) is 35.3 Å². The zero-order valence-electron chi connectivity index (χ0n) is 14.2. The van der Waals surface area contributed by atoms with Crippen LogP contribution >= 0.6 is 0 Å². The molecule has 1 N–H and O–H groups in total. The summed E-state index contributed by atoms with van der Waals surface area (Å²) in [5.41, 5.74) is 2.53. The van der Waals surface area contributed by atoms with Gasteiger partial charge in [-0.1, -0.05) is 13.8 Å². The first-order chi connectivity index (χ1) is 10.5. The number of carbonyl (C=O) groups excluding carboxylic acids is 1. The number of nitrogens with one attached hydrogen (secondary N) is 1. The predicted octanol–water partition coefficient (Wildman–Crippen LogP) is 3.32. The molecular formula is C17H26N4O. The number of carbonyl (C=O) groups is 1. The molecule has 0 saturated carbocycles. The summed E-state index contributed by atoms with van der Waals surface area (Å²) in [5, 5.41) is 8.37. The number of ketones is 1. The van der Waals surface area contributed by atoms with Crippen molar-refractivity contribution in [2.45, 2.75) is 52.5 Å². The van der Waals surface area contributed by atoms with Gasteiger partial charge in [0.05, 0.1) is 6.20 Å². The molecular weight excluding hydrogens is 276 g/mol. The minimum atomic E-state index is 0.174. The lowest BCUT2D eigenvalue weighted by Crippen LogP contribution is -2.11. The molecule has 2 heterocycles. The molecule has 0 fully saturated rings. The Morgan fingerprint density at radius 2 is 2.05 bits per heavy atom. The Morgan fingerprint density at radius 3 is 2.64 bits per heavy atom. The van der Waals surface area contributed by atoms with Crippen LogP contribution in [0.4, 0.5) is 0 Å². The molecule has 0 saturated heterocycles. The summed E-state index contributed by atoms with van der Waals surface area (Å²) in [7, 11) is 1.90. The van der Waals surface area contributed by atoms with Crippen LogP contribution in [0.5, 0.6) is 0 Å². The topological polar surface area (TPSA) is 59.8 Å². The van der Waals surface area contributed by atoms with Crippen LogP contribution < -0.4 is 5.32 Å². The van der Waals surface area contributed by atoms with Crippen LogP contribution in [0.25, 0.3) is 11.0 Å². The highest BCUT2D eigenvalue weighted by atomic mass is 16.1. The van der Waals surface area contributed by atoms with Crippen LogP contribution in [-0.4, -0.2) is 34.1 Å². The van der Waals surface area contributed by atoms with E-state index in [0.29, 0.717) is 6.42 Å². The summed E-state index contributed by atoms with van der Waals surface area (Å²) < 4.78 is 1.89. The predicted molar refractivity (Wildman–Crippen MR) is 89.5 cm³/mol. The van der Waals surface area contributed by atoms with Crippen molar-refractivity contribution >= 4 is 16.8 Å². The third-order valence-electron chi connectivity index (χ3n) is 3.80. The van der Waals surface area contributed by atoms with Gasteiger partial charge in [0.25, 0.3) is 0 Å². The molecule has 0 aromatic carbocycles. The van der Waals surface area contributed by atoms with Gasteiger partial charge >= 0.3 is 0 Å². The normalized spacial score (nSPS) is 11.8. The Kier molecular flexibility index (Phi) is 5.29. The van der Waals surface area contributed by atoms with E-state index >= 15 is 0 Å². The van der Waals surface area contributed by atoms with Crippen molar-refractivity contribution in [3.8, 4) is 0 Å². The van der Waals surface area contributed by atoms with E-state index in [1.165, 1.54) is 0 Å². The van der Waals surface area contributed by atoms with Crippen molar-refractivity contribution in [3.05, 3.63) is 23.5 Å². The highest BCUT2D eigenvalue weighted by molar-refractivity contribution is 6.06. The first kappa shape index (κ1) is 16.6. The van der Waals surface area contributed by atoms with Gasteiger partial charge in [0.15, 0.2) is 11.4 Å². The van der Waals surface area contributed by atoms with Crippen LogP contribution in [0.3, 0.4) is 0 Å². The number of fused-ring (bicyclic) bond motifs is 1. The Bertz CT molecular complexity index is 658. The summed E-state index contributed by atoms with van der Waals surface area (Å²) in [4.78, 5) is 17.3. The van der Waals surface area contributed by atoms with Gasteiger partial charge in [-0.05, 0) is 45.8 Å². The van der Waals surface area contributed by atoms with Gasteiger partial charge in [-0.15, -0.1) is 0 Å². The lowest BCUT2D eigenvalue weighted by molar-refractivity contribution is 0.0981. The Hall–Kier alpha value is -1.75. The van der Waals surface area contributed by atoms with Crippen LogP contribution in [0.2, 0.25) is 0 Å². The van der Waals surface area contributed by atoms with E-state index in [1.54, 1.807) is 6.20 Å². The molecule has 0 bridgehead atoms. The monoisotopic (exact) mass is 302 g/mol. The molecule has 0 spiro atoms. The molecule has 2 aromatic rings. The number of rotatable bonds is 7. The zero-order valence-corrected chi connectivity index (χ0v) is 14.2. The lowest BCUT2D eigenvalue weighted by atomic mass is 10.0. The van der Waals surface area contributed by atoms with E-state index < -0.39 is 0 Å². The van der Waals surface area contributed by atoms with Gasteiger partial charge in [-0.25, -0.2) is 9.67 Å². The van der Waals surface area contributed by atoms with Crippen molar-refractivity contribution in [1.82, 2.24) is 20.1 Å². The molecule has 22 heavy (non-hydrogen) atoms. The second-order valence-corrected chi connectivity index (χ2v) is 6.30. The average Bonchev–Trinajstić information content (AvgIpc) is 2.90. The Morgan fingerprint density at radius 1 is 1.32 bits per heavy atom. The molecule has 0 unspecified atom stereocenters. The Labute approximate surface area is 132 Å². The van der Waals surface area contributed by atoms with Crippen molar-refractivity contribution in [2.75, 3.05) is 13.6 Å². The van der Waals surface area contributed by atoms with E-state index in [-0.39, 0.29) is 17.7 Å². The number of Topliss-reactive ketones (excluding diaryl/α,β-unsaturated/α-hetero) is 1. The Balaban J connectivity index is 2.49. The maximum absolute atomic E-state index is 12.6. The van der Waals surface area contributed by atoms with Gasteiger partial charge < -0.3 is 5.32 Å². The molecule has 5 nitrogen and oxygen atoms in total. The molecule has 2 aromatic heterocycles. The first-order valence-corrected chi connectivity index (χ1v) is 8.01. The van der Waals surface area contributed by atoms with Gasteiger partial charge in [0, 0.05) is 29.1 Å². The summed E-state index contributed by atoms with van der Waals surface area (Å²) in [6.07, 6.45) is 3.16. The quantitative estimate of drug-likeness (QED) is 0.629. The molecule has 2 rings (SSSR count). The number of aromatic nitrogens is 3. The fourth-order valence-electron chi connectivity index (χ4n) is 2.50. The number of hydrogen-bond acceptors (Lipinski definition) is 4. The number of hydrogen-bond donors (Lipinski definition) is 1. The molecule has 120 valence electrons. The molecule has 0 radical (unpaired) electrons. The summed E-state index contributed by atoms with van der Waals surface area (Å²) in [6.45, 7) is 9.19.